The van der Waals surface area contributed by atoms with Crippen molar-refractivity contribution in [1.82, 2.24) is 4.98 Å². The summed E-state index contributed by atoms with van der Waals surface area (Å²) in [6, 6.07) is 12.4. The maximum Gasteiger partial charge on any atom is 0.323 e. The number of para-hydroxylation sites is 1. The van der Waals surface area contributed by atoms with Crippen molar-refractivity contribution in [2.75, 3.05) is 9.21 Å². The highest BCUT2D eigenvalue weighted by atomic mass is 79.9. The minimum absolute atomic E-state index is 0.0613. The summed E-state index contributed by atoms with van der Waals surface area (Å²) in [5.74, 6) is 0. The third-order valence-corrected chi connectivity index (χ3v) is 5.37. The Morgan fingerprint density at radius 1 is 1.13 bits per heavy atom. The van der Waals surface area contributed by atoms with Gasteiger partial charge in [-0.1, -0.05) is 12.1 Å². The Morgan fingerprint density at radius 2 is 1.87 bits per heavy atom. The Hall–Kier alpha value is -3.35. The van der Waals surface area contributed by atoms with Gasteiger partial charge in [-0.2, -0.15) is 0 Å². The van der Waals surface area contributed by atoms with E-state index >= 15 is 0 Å². The van der Waals surface area contributed by atoms with Gasteiger partial charge in [-0.3, -0.25) is 24.6 Å². The Morgan fingerprint density at radius 3 is 2.43 bits per heavy atom. The van der Waals surface area contributed by atoms with E-state index in [0.717, 1.165) is 15.3 Å². The van der Waals surface area contributed by atoms with E-state index in [4.69, 9.17) is 5.73 Å². The van der Waals surface area contributed by atoms with E-state index in [1.54, 1.807) is 24.3 Å². The van der Waals surface area contributed by atoms with Crippen LogP contribution in [0.3, 0.4) is 0 Å². The van der Waals surface area contributed by atoms with Crippen LogP contribution in [-0.2, 0) is 11.3 Å². The zero-order valence-corrected chi connectivity index (χ0v) is 17.5. The van der Waals surface area contributed by atoms with E-state index < -0.39 is 22.2 Å². The molecule has 2 aromatic carbocycles. The molecule has 1 atom stereocenters. The Kier molecular flexibility index (Phi) is 6.40. The molecule has 154 valence electrons. The number of aromatic nitrogens is 1. The van der Waals surface area contributed by atoms with Gasteiger partial charge < -0.3 is 5.73 Å². The standard InChI is InChI=1S/C18H14BrN5O5S/c19-14-5-1-2-6-15(14)22(18(20)25)16-8-7-12(24(26)27)10-17(16)23(30(28)29)13-4-3-9-21-11-13/h1-11H,(H2,20,25)(H,28,29). The zero-order chi connectivity index (χ0) is 21.8. The van der Waals surface area contributed by atoms with Crippen molar-refractivity contribution >= 4 is 61.7 Å². The zero-order valence-electron chi connectivity index (χ0n) is 15.1. The van der Waals surface area contributed by atoms with Crippen LogP contribution in [0, 0.1) is 10.1 Å². The largest absolute Gasteiger partial charge is 0.351 e. The van der Waals surface area contributed by atoms with Gasteiger partial charge in [-0.05, 0) is 46.3 Å². The van der Waals surface area contributed by atoms with Crippen LogP contribution < -0.4 is 14.9 Å². The van der Waals surface area contributed by atoms with Crippen LogP contribution >= 0.6 is 15.9 Å². The van der Waals surface area contributed by atoms with Crippen LogP contribution in [0.25, 0.3) is 0 Å². The van der Waals surface area contributed by atoms with Crippen LogP contribution in [0.5, 0.6) is 0 Å². The molecule has 0 radical (unpaired) electrons. The molecule has 1 unspecified atom stereocenters. The second kappa shape index (κ2) is 8.98. The second-order valence-electron chi connectivity index (χ2n) is 5.79. The number of nitrogens with zero attached hydrogens (tertiary/aromatic N) is 4. The number of hydrogen-bond donors (Lipinski definition) is 2. The van der Waals surface area contributed by atoms with Crippen molar-refractivity contribution in [2.24, 2.45) is 5.73 Å². The smallest absolute Gasteiger partial charge is 0.323 e. The summed E-state index contributed by atoms with van der Waals surface area (Å²) in [5, 5.41) is 11.3. The number of amides is 2. The van der Waals surface area contributed by atoms with Crippen molar-refractivity contribution < 1.29 is 18.5 Å². The molecule has 0 saturated heterocycles. The molecule has 3 N–H and O–H groups in total. The SMILES string of the molecule is NC(=O)N(c1ccccc1Br)c1ccc([N+](=O)[O-])cc1N(c1cccnc1)S(=O)O. The molecule has 0 spiro atoms. The number of halogens is 1. The fourth-order valence-electron chi connectivity index (χ4n) is 2.76. The van der Waals surface area contributed by atoms with E-state index in [2.05, 4.69) is 20.9 Å². The van der Waals surface area contributed by atoms with Crippen molar-refractivity contribution in [3.63, 3.8) is 0 Å². The van der Waals surface area contributed by atoms with Crippen molar-refractivity contribution in [2.45, 2.75) is 0 Å². The quantitative estimate of drug-likeness (QED) is 0.299. The minimum Gasteiger partial charge on any atom is -0.351 e. The van der Waals surface area contributed by atoms with Gasteiger partial charge in [0.05, 0.1) is 33.9 Å². The summed E-state index contributed by atoms with van der Waals surface area (Å²) in [7, 11) is 0. The summed E-state index contributed by atoms with van der Waals surface area (Å²) in [6.45, 7) is 0. The molecule has 0 bridgehead atoms. The number of nitrogens with two attached hydrogens (primary N) is 1. The average Bonchev–Trinajstić information content (AvgIpc) is 2.71. The topological polar surface area (TPSA) is 143 Å². The maximum atomic E-state index is 12.4. The van der Waals surface area contributed by atoms with Gasteiger partial charge >= 0.3 is 6.03 Å². The molecule has 0 saturated carbocycles. The minimum atomic E-state index is -2.65. The van der Waals surface area contributed by atoms with Crippen LogP contribution in [0.2, 0.25) is 0 Å². The van der Waals surface area contributed by atoms with Gasteiger partial charge in [0, 0.05) is 22.8 Å². The van der Waals surface area contributed by atoms with Gasteiger partial charge in [0.15, 0.2) is 0 Å². The molecular weight excluding hydrogens is 478 g/mol. The lowest BCUT2D eigenvalue weighted by Crippen LogP contribution is -2.33. The molecule has 12 heteroatoms. The molecular formula is C18H14BrN5O5S. The number of anilines is 4. The van der Waals surface area contributed by atoms with Crippen molar-refractivity contribution in [3.05, 3.63) is 81.6 Å². The number of carbonyl (C=O) groups excluding carboxylic acids is 1. The predicted molar refractivity (Wildman–Crippen MR) is 116 cm³/mol. The highest BCUT2D eigenvalue weighted by molar-refractivity contribution is 9.10. The molecule has 2 amide bonds. The normalized spacial score (nSPS) is 11.5. The van der Waals surface area contributed by atoms with E-state index in [0.29, 0.717) is 10.2 Å². The lowest BCUT2D eigenvalue weighted by molar-refractivity contribution is -0.384. The number of urea groups is 1. The lowest BCUT2D eigenvalue weighted by atomic mass is 10.2. The molecule has 1 aromatic heterocycles. The molecule has 1 heterocycles. The molecule has 0 aliphatic rings. The van der Waals surface area contributed by atoms with E-state index in [9.17, 15) is 23.7 Å². The summed E-state index contributed by atoms with van der Waals surface area (Å²) in [6.07, 6.45) is 2.77. The number of rotatable bonds is 6. The summed E-state index contributed by atoms with van der Waals surface area (Å²) in [4.78, 5) is 28.1. The lowest BCUT2D eigenvalue weighted by Gasteiger charge is -2.28. The number of benzene rings is 2. The van der Waals surface area contributed by atoms with E-state index in [-0.39, 0.29) is 22.7 Å². The van der Waals surface area contributed by atoms with E-state index in [1.165, 1.54) is 36.7 Å². The third kappa shape index (κ3) is 4.30. The molecule has 30 heavy (non-hydrogen) atoms. The number of hydrogen-bond acceptors (Lipinski definition) is 5. The van der Waals surface area contributed by atoms with Gasteiger partial charge in [0.25, 0.3) is 17.0 Å². The van der Waals surface area contributed by atoms with Crippen molar-refractivity contribution in [1.29, 1.82) is 0 Å². The molecule has 0 fully saturated rings. The maximum absolute atomic E-state index is 12.4. The first kappa shape index (κ1) is 21.4. The molecule has 10 nitrogen and oxygen atoms in total. The summed E-state index contributed by atoms with van der Waals surface area (Å²) >= 11 is 0.697. The first-order chi connectivity index (χ1) is 14.3. The second-order valence-corrected chi connectivity index (χ2v) is 7.47. The van der Waals surface area contributed by atoms with Crippen LogP contribution in [0.1, 0.15) is 0 Å². The van der Waals surface area contributed by atoms with E-state index in [1.807, 2.05) is 0 Å². The van der Waals surface area contributed by atoms with Gasteiger partial charge in [0.1, 0.15) is 0 Å². The summed E-state index contributed by atoms with van der Waals surface area (Å²) in [5.41, 5.74) is 5.76. The Balaban J connectivity index is 2.32. The number of nitro benzene ring substituents is 1. The Bertz CT molecular complexity index is 1130. The summed E-state index contributed by atoms with van der Waals surface area (Å²) < 4.78 is 23.6. The van der Waals surface area contributed by atoms with Crippen LogP contribution in [0.15, 0.2) is 71.5 Å². The Labute approximate surface area is 181 Å². The first-order valence-corrected chi connectivity index (χ1v) is 10.1. The van der Waals surface area contributed by atoms with Crippen LogP contribution in [-0.4, -0.2) is 24.7 Å². The number of primary amides is 1. The number of non-ortho nitro benzene ring substituents is 1. The van der Waals surface area contributed by atoms with Gasteiger partial charge in [-0.25, -0.2) is 13.3 Å². The predicted octanol–water partition coefficient (Wildman–Crippen LogP) is 4.24. The molecule has 3 aromatic rings. The third-order valence-electron chi connectivity index (χ3n) is 3.98. The highest BCUT2D eigenvalue weighted by Crippen LogP contribution is 2.42. The first-order valence-electron chi connectivity index (χ1n) is 8.25. The van der Waals surface area contributed by atoms with Crippen LogP contribution in [0.4, 0.5) is 33.2 Å². The fourth-order valence-corrected chi connectivity index (χ4v) is 3.83. The van der Waals surface area contributed by atoms with Gasteiger partial charge in [-0.15, -0.1) is 0 Å². The molecule has 0 aliphatic heterocycles. The highest BCUT2D eigenvalue weighted by Gasteiger charge is 2.28. The average molecular weight is 492 g/mol. The van der Waals surface area contributed by atoms with Gasteiger partial charge in [0.2, 0.25) is 0 Å². The molecule has 3 rings (SSSR count). The number of nitro groups is 1. The number of pyridine rings is 1. The number of carbonyl (C=O) groups is 1. The van der Waals surface area contributed by atoms with Crippen molar-refractivity contribution in [3.8, 4) is 0 Å². The fraction of sp³-hybridized carbons (Fsp3) is 0. The molecule has 0 aliphatic carbocycles. The monoisotopic (exact) mass is 491 g/mol.